The Morgan fingerprint density at radius 2 is 1.71 bits per heavy atom. The molecule has 120 valence electrons. The van der Waals surface area contributed by atoms with Gasteiger partial charge in [0.25, 0.3) is 0 Å². The van der Waals surface area contributed by atoms with Crippen LogP contribution in [0.5, 0.6) is 0 Å². The number of aliphatic carboxylic acids is 1. The van der Waals surface area contributed by atoms with E-state index >= 15 is 0 Å². The first-order valence-corrected chi connectivity index (χ1v) is 7.27. The van der Waals surface area contributed by atoms with Gasteiger partial charge >= 0.3 is 12.0 Å². The van der Waals surface area contributed by atoms with E-state index in [1.54, 1.807) is 0 Å². The van der Waals surface area contributed by atoms with Crippen LogP contribution in [0.15, 0.2) is 0 Å². The number of amides is 3. The van der Waals surface area contributed by atoms with Crippen LogP contribution in [-0.4, -0.2) is 53.1 Å². The molecule has 1 saturated carbocycles. The third-order valence-electron chi connectivity index (χ3n) is 3.25. The lowest BCUT2D eigenvalue weighted by atomic mass is 10.1. The Labute approximate surface area is 125 Å². The van der Waals surface area contributed by atoms with Crippen molar-refractivity contribution < 1.29 is 19.5 Å². The van der Waals surface area contributed by atoms with Gasteiger partial charge in [0, 0.05) is 31.1 Å². The summed E-state index contributed by atoms with van der Waals surface area (Å²) in [6.07, 6.45) is 1.81. The van der Waals surface area contributed by atoms with Gasteiger partial charge in [0.15, 0.2) is 0 Å². The smallest absolute Gasteiger partial charge is 0.317 e. The van der Waals surface area contributed by atoms with Crippen LogP contribution >= 0.6 is 0 Å². The molecule has 3 amide bonds. The fourth-order valence-corrected chi connectivity index (χ4v) is 1.89. The zero-order valence-corrected chi connectivity index (χ0v) is 12.9. The van der Waals surface area contributed by atoms with Gasteiger partial charge in [-0.1, -0.05) is 0 Å². The predicted octanol–water partition coefficient (Wildman–Crippen LogP) is 0.797. The molecule has 0 aromatic carbocycles. The first-order chi connectivity index (χ1) is 9.71. The minimum absolute atomic E-state index is 0.0443. The molecule has 0 spiro atoms. The third kappa shape index (κ3) is 6.46. The molecule has 1 aliphatic rings. The highest BCUT2D eigenvalue weighted by atomic mass is 16.4. The largest absolute Gasteiger partial charge is 0.481 e. The van der Waals surface area contributed by atoms with Crippen LogP contribution in [0.1, 0.15) is 40.0 Å². The van der Waals surface area contributed by atoms with Gasteiger partial charge in [0.05, 0.1) is 6.42 Å². The average molecular weight is 299 g/mol. The summed E-state index contributed by atoms with van der Waals surface area (Å²) in [5.74, 6) is -0.737. The Hall–Kier alpha value is -1.79. The maximum absolute atomic E-state index is 12.1. The Bertz CT molecular complexity index is 400. The molecular weight excluding hydrogens is 274 g/mol. The first-order valence-electron chi connectivity index (χ1n) is 7.27. The zero-order valence-electron chi connectivity index (χ0n) is 12.9. The van der Waals surface area contributed by atoms with Crippen molar-refractivity contribution in [1.82, 2.24) is 15.5 Å². The van der Waals surface area contributed by atoms with Crippen LogP contribution in [0, 0.1) is 5.92 Å². The van der Waals surface area contributed by atoms with Gasteiger partial charge in [-0.15, -0.1) is 0 Å². The van der Waals surface area contributed by atoms with E-state index in [1.807, 2.05) is 20.8 Å². The van der Waals surface area contributed by atoms with Crippen molar-refractivity contribution in [3.63, 3.8) is 0 Å². The molecule has 21 heavy (non-hydrogen) atoms. The number of carboxylic acid groups (broad SMARTS) is 1. The number of carboxylic acids is 1. The molecule has 0 bridgehead atoms. The summed E-state index contributed by atoms with van der Waals surface area (Å²) in [6.45, 7) is 6.42. The predicted molar refractivity (Wildman–Crippen MR) is 77.8 cm³/mol. The second-order valence-corrected chi connectivity index (χ2v) is 6.26. The SMILES string of the molecule is CC(C)(C)N(CCC(=O)O)C(=O)NCCNC(=O)C1CC1. The summed E-state index contributed by atoms with van der Waals surface area (Å²) in [7, 11) is 0. The Morgan fingerprint density at radius 1 is 1.14 bits per heavy atom. The fraction of sp³-hybridized carbons (Fsp3) is 0.786. The standard InChI is InChI=1S/C14H25N3O4/c1-14(2,3)17(9-6-11(18)19)13(21)16-8-7-15-12(20)10-4-5-10/h10H,4-9H2,1-3H3,(H,15,20)(H,16,21)(H,18,19). The van der Waals surface area contributed by atoms with Gasteiger partial charge < -0.3 is 20.6 Å². The fourth-order valence-electron chi connectivity index (χ4n) is 1.89. The first kappa shape index (κ1) is 17.3. The van der Waals surface area contributed by atoms with E-state index in [0.29, 0.717) is 13.1 Å². The average Bonchev–Trinajstić information content (AvgIpc) is 3.16. The van der Waals surface area contributed by atoms with E-state index in [4.69, 9.17) is 5.11 Å². The van der Waals surface area contributed by atoms with Gasteiger partial charge in [-0.2, -0.15) is 0 Å². The molecule has 7 heteroatoms. The van der Waals surface area contributed by atoms with Crippen LogP contribution < -0.4 is 10.6 Å². The number of nitrogens with zero attached hydrogens (tertiary/aromatic N) is 1. The van der Waals surface area contributed by atoms with Crippen molar-refractivity contribution in [2.24, 2.45) is 5.92 Å². The summed E-state index contributed by atoms with van der Waals surface area (Å²) in [5, 5.41) is 14.2. The molecule has 0 aromatic rings. The van der Waals surface area contributed by atoms with E-state index < -0.39 is 11.5 Å². The quantitative estimate of drug-likeness (QED) is 0.605. The summed E-state index contributed by atoms with van der Waals surface area (Å²) < 4.78 is 0. The topological polar surface area (TPSA) is 98.7 Å². The van der Waals surface area contributed by atoms with E-state index in [9.17, 15) is 14.4 Å². The van der Waals surface area contributed by atoms with Gasteiger partial charge in [0.2, 0.25) is 5.91 Å². The third-order valence-corrected chi connectivity index (χ3v) is 3.25. The Morgan fingerprint density at radius 3 is 2.19 bits per heavy atom. The molecule has 0 radical (unpaired) electrons. The highest BCUT2D eigenvalue weighted by Gasteiger charge is 2.29. The number of hydrogen-bond acceptors (Lipinski definition) is 3. The normalized spacial score (nSPS) is 14.4. The molecule has 1 aliphatic carbocycles. The molecule has 1 rings (SSSR count). The zero-order chi connectivity index (χ0) is 16.0. The number of rotatable bonds is 7. The van der Waals surface area contributed by atoms with Crippen molar-refractivity contribution in [1.29, 1.82) is 0 Å². The van der Waals surface area contributed by atoms with E-state index in [2.05, 4.69) is 10.6 Å². The van der Waals surface area contributed by atoms with Crippen molar-refractivity contribution in [3.8, 4) is 0 Å². The Balaban J connectivity index is 2.33. The number of carbonyl (C=O) groups excluding carboxylic acids is 2. The van der Waals surface area contributed by atoms with Crippen molar-refractivity contribution in [2.75, 3.05) is 19.6 Å². The number of hydrogen-bond donors (Lipinski definition) is 3. The molecule has 1 fully saturated rings. The van der Waals surface area contributed by atoms with Crippen molar-refractivity contribution in [2.45, 2.75) is 45.6 Å². The second-order valence-electron chi connectivity index (χ2n) is 6.26. The van der Waals surface area contributed by atoms with Gasteiger partial charge in [0.1, 0.15) is 0 Å². The van der Waals surface area contributed by atoms with E-state index in [0.717, 1.165) is 12.8 Å². The molecule has 0 atom stereocenters. The Kier molecular flexibility index (Phi) is 5.99. The highest BCUT2D eigenvalue weighted by Crippen LogP contribution is 2.28. The summed E-state index contributed by atoms with van der Waals surface area (Å²) >= 11 is 0. The maximum Gasteiger partial charge on any atom is 0.317 e. The van der Waals surface area contributed by atoms with Gasteiger partial charge in [-0.25, -0.2) is 4.79 Å². The molecule has 0 saturated heterocycles. The lowest BCUT2D eigenvalue weighted by Crippen LogP contribution is -2.52. The highest BCUT2D eigenvalue weighted by molar-refractivity contribution is 5.81. The number of nitrogens with one attached hydrogen (secondary N) is 2. The van der Waals surface area contributed by atoms with Gasteiger partial charge in [-0.05, 0) is 33.6 Å². The molecule has 3 N–H and O–H groups in total. The summed E-state index contributed by atoms with van der Waals surface area (Å²) in [6, 6.07) is -0.315. The molecule has 0 aromatic heterocycles. The minimum atomic E-state index is -0.936. The van der Waals surface area contributed by atoms with Crippen LogP contribution in [0.25, 0.3) is 0 Å². The number of carbonyl (C=O) groups is 3. The summed E-state index contributed by atoms with van der Waals surface area (Å²) in [5.41, 5.74) is -0.462. The minimum Gasteiger partial charge on any atom is -0.481 e. The van der Waals surface area contributed by atoms with Crippen LogP contribution in [0.3, 0.4) is 0 Å². The summed E-state index contributed by atoms with van der Waals surface area (Å²) in [4.78, 5) is 35.7. The lowest BCUT2D eigenvalue weighted by Gasteiger charge is -2.35. The van der Waals surface area contributed by atoms with Crippen molar-refractivity contribution >= 4 is 17.9 Å². The van der Waals surface area contributed by atoms with E-state index in [-0.39, 0.29) is 30.8 Å². The molecule has 7 nitrogen and oxygen atoms in total. The molecule has 0 unspecified atom stereocenters. The van der Waals surface area contributed by atoms with Gasteiger partial charge in [-0.3, -0.25) is 9.59 Å². The van der Waals surface area contributed by atoms with Crippen LogP contribution in [0.2, 0.25) is 0 Å². The lowest BCUT2D eigenvalue weighted by molar-refractivity contribution is -0.137. The second kappa shape index (κ2) is 7.28. The van der Waals surface area contributed by atoms with Crippen LogP contribution in [0.4, 0.5) is 4.79 Å². The molecular formula is C14H25N3O4. The van der Waals surface area contributed by atoms with Crippen molar-refractivity contribution in [3.05, 3.63) is 0 Å². The maximum atomic E-state index is 12.1. The monoisotopic (exact) mass is 299 g/mol. The van der Waals surface area contributed by atoms with Crippen LogP contribution in [-0.2, 0) is 9.59 Å². The van der Waals surface area contributed by atoms with E-state index in [1.165, 1.54) is 4.90 Å². The molecule has 0 heterocycles. The number of urea groups is 1. The molecule has 0 aliphatic heterocycles.